The van der Waals surface area contributed by atoms with Crippen LogP contribution in [0.2, 0.25) is 0 Å². The van der Waals surface area contributed by atoms with Gasteiger partial charge >= 0.3 is 0 Å². The van der Waals surface area contributed by atoms with Gasteiger partial charge in [0.25, 0.3) is 0 Å². The molecule has 0 aliphatic rings. The molecular weight excluding hydrogens is 208 g/mol. The molecule has 2 aromatic rings. The fraction of sp³-hybridized carbons (Fsp3) is 0.300. The van der Waals surface area contributed by atoms with Crippen LogP contribution in [0.25, 0.3) is 0 Å². The number of hydrogen-bond donors (Lipinski definition) is 0. The Morgan fingerprint density at radius 1 is 1.40 bits per heavy atom. The molecule has 0 bridgehead atoms. The average molecular weight is 220 g/mol. The summed E-state index contributed by atoms with van der Waals surface area (Å²) in [6.07, 6.45) is 5.11. The molecule has 0 saturated heterocycles. The van der Waals surface area contributed by atoms with E-state index in [1.54, 1.807) is 29.9 Å². The minimum absolute atomic E-state index is 0.767. The van der Waals surface area contributed by atoms with Crippen molar-refractivity contribution >= 4 is 17.2 Å². The summed E-state index contributed by atoms with van der Waals surface area (Å²) in [5.74, 6) is 0.864. The van der Waals surface area contributed by atoms with Gasteiger partial charge in [-0.2, -0.15) is 0 Å². The third-order valence-corrected chi connectivity index (χ3v) is 2.83. The lowest BCUT2D eigenvalue weighted by Gasteiger charge is -2.15. The molecule has 0 fully saturated rings. The molecule has 0 aromatic carbocycles. The van der Waals surface area contributed by atoms with E-state index >= 15 is 0 Å². The minimum Gasteiger partial charge on any atom is -0.352 e. The molecule has 0 atom stereocenters. The van der Waals surface area contributed by atoms with Crippen LogP contribution in [0, 0.1) is 6.92 Å². The number of rotatable bonds is 3. The van der Waals surface area contributed by atoms with Crippen molar-refractivity contribution in [2.45, 2.75) is 13.5 Å². The summed E-state index contributed by atoms with van der Waals surface area (Å²) in [5, 5.41) is 3.17. The first-order valence-corrected chi connectivity index (χ1v) is 5.52. The van der Waals surface area contributed by atoms with Crippen LogP contribution in [0.4, 0.5) is 5.82 Å². The Bertz CT molecular complexity index is 426. The quantitative estimate of drug-likeness (QED) is 0.792. The maximum atomic E-state index is 4.40. The highest BCUT2D eigenvalue weighted by Gasteiger charge is 2.05. The smallest absolute Gasteiger partial charge is 0.147 e. The second-order valence-electron chi connectivity index (χ2n) is 3.28. The molecule has 0 aliphatic carbocycles. The van der Waals surface area contributed by atoms with Crippen molar-refractivity contribution in [3.8, 4) is 0 Å². The SMILES string of the molecule is Cc1nc(CN(C)c2cnccn2)cs1. The van der Waals surface area contributed by atoms with Crippen molar-refractivity contribution < 1.29 is 0 Å². The lowest BCUT2D eigenvalue weighted by Crippen LogP contribution is -2.17. The van der Waals surface area contributed by atoms with E-state index in [0.717, 1.165) is 23.1 Å². The van der Waals surface area contributed by atoms with E-state index in [-0.39, 0.29) is 0 Å². The average Bonchev–Trinajstić information content (AvgIpc) is 2.65. The number of nitrogens with zero attached hydrogens (tertiary/aromatic N) is 4. The molecular formula is C10H12N4S. The van der Waals surface area contributed by atoms with Crippen LogP contribution in [-0.4, -0.2) is 22.0 Å². The molecule has 2 rings (SSSR count). The summed E-state index contributed by atoms with van der Waals surface area (Å²) in [6.45, 7) is 2.78. The Labute approximate surface area is 92.6 Å². The molecule has 2 aromatic heterocycles. The molecule has 0 spiro atoms. The van der Waals surface area contributed by atoms with Crippen molar-refractivity contribution in [2.24, 2.45) is 0 Å². The van der Waals surface area contributed by atoms with Gasteiger partial charge in [-0.1, -0.05) is 0 Å². The summed E-state index contributed by atoms with van der Waals surface area (Å²) in [4.78, 5) is 14.7. The fourth-order valence-electron chi connectivity index (χ4n) is 1.29. The maximum Gasteiger partial charge on any atom is 0.147 e. The van der Waals surface area contributed by atoms with Crippen LogP contribution in [0.3, 0.4) is 0 Å². The van der Waals surface area contributed by atoms with Gasteiger partial charge in [0.05, 0.1) is 23.4 Å². The summed E-state index contributed by atoms with van der Waals surface area (Å²) in [7, 11) is 1.98. The zero-order valence-corrected chi connectivity index (χ0v) is 9.53. The highest BCUT2D eigenvalue weighted by Crippen LogP contribution is 2.13. The third-order valence-electron chi connectivity index (χ3n) is 2.01. The van der Waals surface area contributed by atoms with E-state index in [0.29, 0.717) is 0 Å². The second kappa shape index (κ2) is 4.35. The van der Waals surface area contributed by atoms with Gasteiger partial charge in [0, 0.05) is 24.8 Å². The van der Waals surface area contributed by atoms with Crippen molar-refractivity contribution in [3.63, 3.8) is 0 Å². The standard InChI is InChI=1S/C10H12N4S/c1-8-13-9(7-15-8)6-14(2)10-5-11-3-4-12-10/h3-5,7H,6H2,1-2H3. The molecule has 0 amide bonds. The number of hydrogen-bond acceptors (Lipinski definition) is 5. The van der Waals surface area contributed by atoms with Crippen molar-refractivity contribution in [1.82, 2.24) is 15.0 Å². The van der Waals surface area contributed by atoms with Crippen LogP contribution >= 0.6 is 11.3 Å². The Morgan fingerprint density at radius 2 is 2.27 bits per heavy atom. The normalized spacial score (nSPS) is 10.3. The van der Waals surface area contributed by atoms with E-state index in [4.69, 9.17) is 0 Å². The Balaban J connectivity index is 2.07. The van der Waals surface area contributed by atoms with Gasteiger partial charge in [-0.05, 0) is 6.92 Å². The number of aryl methyl sites for hydroxylation is 1. The van der Waals surface area contributed by atoms with Crippen LogP contribution in [0.1, 0.15) is 10.7 Å². The number of anilines is 1. The van der Waals surface area contributed by atoms with E-state index in [1.807, 2.05) is 18.9 Å². The molecule has 0 N–H and O–H groups in total. The first-order chi connectivity index (χ1) is 7.25. The fourth-order valence-corrected chi connectivity index (χ4v) is 1.90. The van der Waals surface area contributed by atoms with E-state index < -0.39 is 0 Å². The lowest BCUT2D eigenvalue weighted by molar-refractivity contribution is 0.864. The Morgan fingerprint density at radius 3 is 2.87 bits per heavy atom. The monoisotopic (exact) mass is 220 g/mol. The number of thiazole rings is 1. The van der Waals surface area contributed by atoms with Gasteiger partial charge in [-0.3, -0.25) is 4.98 Å². The molecule has 4 nitrogen and oxygen atoms in total. The largest absolute Gasteiger partial charge is 0.352 e. The van der Waals surface area contributed by atoms with Gasteiger partial charge in [0.15, 0.2) is 0 Å². The van der Waals surface area contributed by atoms with Crippen LogP contribution in [0.15, 0.2) is 24.0 Å². The van der Waals surface area contributed by atoms with Crippen molar-refractivity contribution in [1.29, 1.82) is 0 Å². The van der Waals surface area contributed by atoms with Crippen LogP contribution < -0.4 is 4.90 Å². The van der Waals surface area contributed by atoms with Crippen molar-refractivity contribution in [3.05, 3.63) is 34.7 Å². The third kappa shape index (κ3) is 2.50. The molecule has 0 aliphatic heterocycles. The molecule has 15 heavy (non-hydrogen) atoms. The Hall–Kier alpha value is -1.49. The van der Waals surface area contributed by atoms with Crippen LogP contribution in [-0.2, 0) is 6.54 Å². The summed E-state index contributed by atoms with van der Waals surface area (Å²) >= 11 is 1.67. The minimum atomic E-state index is 0.767. The molecule has 0 radical (unpaired) electrons. The lowest BCUT2D eigenvalue weighted by atomic mass is 10.4. The maximum absolute atomic E-state index is 4.40. The first-order valence-electron chi connectivity index (χ1n) is 4.64. The highest BCUT2D eigenvalue weighted by molar-refractivity contribution is 7.09. The number of aromatic nitrogens is 3. The zero-order chi connectivity index (χ0) is 10.7. The second-order valence-corrected chi connectivity index (χ2v) is 4.34. The van der Waals surface area contributed by atoms with E-state index in [9.17, 15) is 0 Å². The highest BCUT2D eigenvalue weighted by atomic mass is 32.1. The topological polar surface area (TPSA) is 41.9 Å². The van der Waals surface area contributed by atoms with Crippen molar-refractivity contribution in [2.75, 3.05) is 11.9 Å². The molecule has 0 saturated carbocycles. The molecule has 5 heteroatoms. The van der Waals surface area contributed by atoms with Gasteiger partial charge in [-0.15, -0.1) is 11.3 Å². The predicted octanol–water partition coefficient (Wildman–Crippen LogP) is 1.88. The van der Waals surface area contributed by atoms with Gasteiger partial charge in [0.2, 0.25) is 0 Å². The summed E-state index contributed by atoms with van der Waals surface area (Å²) in [5.41, 5.74) is 1.07. The van der Waals surface area contributed by atoms with Crippen LogP contribution in [0.5, 0.6) is 0 Å². The molecule has 0 unspecified atom stereocenters. The molecule has 2 heterocycles. The van der Waals surface area contributed by atoms with Gasteiger partial charge in [-0.25, -0.2) is 9.97 Å². The van der Waals surface area contributed by atoms with E-state index in [1.165, 1.54) is 0 Å². The molecule has 78 valence electrons. The first kappa shape index (κ1) is 10.0. The Kier molecular flexibility index (Phi) is 2.91. The summed E-state index contributed by atoms with van der Waals surface area (Å²) in [6, 6.07) is 0. The zero-order valence-electron chi connectivity index (χ0n) is 8.71. The van der Waals surface area contributed by atoms with E-state index in [2.05, 4.69) is 20.3 Å². The van der Waals surface area contributed by atoms with Gasteiger partial charge in [0.1, 0.15) is 5.82 Å². The van der Waals surface area contributed by atoms with Gasteiger partial charge < -0.3 is 4.90 Å². The predicted molar refractivity (Wildman–Crippen MR) is 61.0 cm³/mol. The summed E-state index contributed by atoms with van der Waals surface area (Å²) < 4.78 is 0.